The lowest BCUT2D eigenvalue weighted by molar-refractivity contribution is 0.112. The van der Waals surface area contributed by atoms with E-state index in [0.717, 1.165) is 23.3 Å². The fraction of sp³-hybridized carbons (Fsp3) is 0.235. The predicted molar refractivity (Wildman–Crippen MR) is 84.5 cm³/mol. The molecule has 0 fully saturated rings. The zero-order chi connectivity index (χ0) is 14.2. The zero-order valence-electron chi connectivity index (χ0n) is 11.7. The Morgan fingerprint density at radius 1 is 1.15 bits per heavy atom. The van der Waals surface area contributed by atoms with E-state index < -0.39 is 0 Å². The average Bonchev–Trinajstić information content (AvgIpc) is 2.71. The molecule has 0 saturated heterocycles. The number of hydrogen-bond donors (Lipinski definition) is 0. The fourth-order valence-corrected chi connectivity index (χ4v) is 3.87. The molecule has 0 radical (unpaired) electrons. The lowest BCUT2D eigenvalue weighted by Crippen LogP contribution is -2.23. The van der Waals surface area contributed by atoms with Gasteiger partial charge in [0, 0.05) is 22.4 Å². The Bertz CT molecular complexity index is 651. The van der Waals surface area contributed by atoms with Gasteiger partial charge >= 0.3 is 0 Å². The van der Waals surface area contributed by atoms with Crippen LogP contribution >= 0.6 is 11.9 Å². The molecule has 0 atom stereocenters. The van der Waals surface area contributed by atoms with Gasteiger partial charge in [0.2, 0.25) is 0 Å². The predicted octanol–water partition coefficient (Wildman–Crippen LogP) is 4.30. The van der Waals surface area contributed by atoms with Crippen molar-refractivity contribution in [2.24, 2.45) is 0 Å². The van der Waals surface area contributed by atoms with Crippen LogP contribution in [0.5, 0.6) is 0 Å². The minimum absolute atomic E-state index is 0.159. The van der Waals surface area contributed by atoms with Crippen LogP contribution in [0.3, 0.4) is 0 Å². The SMILES string of the molecule is CC1(C)CN(Sc2cccc(C=O)c2)c2ccccc21. The minimum atomic E-state index is 0.159. The molecule has 2 aromatic rings. The summed E-state index contributed by atoms with van der Waals surface area (Å²) < 4.78 is 2.32. The van der Waals surface area contributed by atoms with Crippen molar-refractivity contribution in [3.63, 3.8) is 0 Å². The van der Waals surface area contributed by atoms with Crippen molar-refractivity contribution in [2.45, 2.75) is 24.2 Å². The first kappa shape index (κ1) is 13.3. The molecule has 3 rings (SSSR count). The Morgan fingerprint density at radius 3 is 2.75 bits per heavy atom. The summed E-state index contributed by atoms with van der Waals surface area (Å²) in [5.74, 6) is 0. The van der Waals surface area contributed by atoms with Crippen LogP contribution in [-0.2, 0) is 5.41 Å². The second-order valence-electron chi connectivity index (χ2n) is 5.72. The van der Waals surface area contributed by atoms with Crippen molar-refractivity contribution in [1.29, 1.82) is 0 Å². The van der Waals surface area contributed by atoms with Gasteiger partial charge in [-0.25, -0.2) is 0 Å². The van der Waals surface area contributed by atoms with Gasteiger partial charge in [-0.1, -0.05) is 44.2 Å². The summed E-state index contributed by atoms with van der Waals surface area (Å²) in [6.45, 7) is 5.52. The molecule has 2 aromatic carbocycles. The molecule has 0 aromatic heterocycles. The molecule has 0 unspecified atom stereocenters. The molecular weight excluding hydrogens is 266 g/mol. The van der Waals surface area contributed by atoms with Gasteiger partial charge in [-0.15, -0.1) is 0 Å². The number of carbonyl (C=O) groups is 1. The Kier molecular flexibility index (Phi) is 3.30. The third-order valence-corrected chi connectivity index (χ3v) is 4.66. The molecule has 0 N–H and O–H groups in total. The van der Waals surface area contributed by atoms with Gasteiger partial charge in [0.1, 0.15) is 6.29 Å². The quantitative estimate of drug-likeness (QED) is 0.618. The summed E-state index contributed by atoms with van der Waals surface area (Å²) in [4.78, 5) is 12.0. The molecule has 1 heterocycles. The van der Waals surface area contributed by atoms with Crippen molar-refractivity contribution < 1.29 is 4.79 Å². The zero-order valence-corrected chi connectivity index (χ0v) is 12.5. The third kappa shape index (κ3) is 2.34. The van der Waals surface area contributed by atoms with Crippen LogP contribution in [0.2, 0.25) is 0 Å². The van der Waals surface area contributed by atoms with E-state index in [1.165, 1.54) is 11.3 Å². The molecule has 3 heteroatoms. The lowest BCUT2D eigenvalue weighted by atomic mass is 9.87. The first-order valence-corrected chi connectivity index (χ1v) is 7.48. The first-order chi connectivity index (χ1) is 9.60. The topological polar surface area (TPSA) is 20.3 Å². The number of aldehydes is 1. The van der Waals surface area contributed by atoms with Crippen LogP contribution in [-0.4, -0.2) is 12.8 Å². The average molecular weight is 283 g/mol. The van der Waals surface area contributed by atoms with Crippen LogP contribution < -0.4 is 4.31 Å². The van der Waals surface area contributed by atoms with Crippen molar-refractivity contribution in [3.05, 3.63) is 59.7 Å². The molecule has 102 valence electrons. The fourth-order valence-electron chi connectivity index (χ4n) is 2.65. The van der Waals surface area contributed by atoms with Crippen LogP contribution in [0.25, 0.3) is 0 Å². The Hall–Kier alpha value is -1.74. The smallest absolute Gasteiger partial charge is 0.150 e. The van der Waals surface area contributed by atoms with Crippen molar-refractivity contribution in [3.8, 4) is 0 Å². The lowest BCUT2D eigenvalue weighted by Gasteiger charge is -2.21. The molecule has 0 spiro atoms. The van der Waals surface area contributed by atoms with Crippen LogP contribution in [0.15, 0.2) is 53.4 Å². The first-order valence-electron chi connectivity index (χ1n) is 6.70. The normalized spacial score (nSPS) is 16.0. The number of hydrogen-bond acceptors (Lipinski definition) is 3. The highest BCUT2D eigenvalue weighted by atomic mass is 32.2. The van der Waals surface area contributed by atoms with E-state index in [2.05, 4.69) is 42.4 Å². The molecule has 1 aliphatic rings. The van der Waals surface area contributed by atoms with E-state index in [1.807, 2.05) is 24.3 Å². The van der Waals surface area contributed by atoms with Gasteiger partial charge in [-0.05, 0) is 35.7 Å². The minimum Gasteiger partial charge on any atom is -0.311 e. The number of nitrogens with zero attached hydrogens (tertiary/aromatic N) is 1. The highest BCUT2D eigenvalue weighted by molar-refractivity contribution is 8.00. The summed E-state index contributed by atoms with van der Waals surface area (Å²) in [7, 11) is 0. The van der Waals surface area contributed by atoms with Crippen LogP contribution in [0.4, 0.5) is 5.69 Å². The number of carbonyl (C=O) groups excluding carboxylic acids is 1. The molecule has 1 aliphatic heterocycles. The highest BCUT2D eigenvalue weighted by Gasteiger charge is 2.35. The van der Waals surface area contributed by atoms with E-state index in [4.69, 9.17) is 0 Å². The summed E-state index contributed by atoms with van der Waals surface area (Å²) >= 11 is 1.70. The maximum Gasteiger partial charge on any atom is 0.150 e. The van der Waals surface area contributed by atoms with Crippen molar-refractivity contribution in [1.82, 2.24) is 0 Å². The molecule has 0 saturated carbocycles. The maximum absolute atomic E-state index is 10.9. The highest BCUT2D eigenvalue weighted by Crippen LogP contribution is 2.44. The van der Waals surface area contributed by atoms with Gasteiger partial charge in [-0.3, -0.25) is 4.79 Å². The van der Waals surface area contributed by atoms with E-state index in [9.17, 15) is 4.79 Å². The molecule has 0 bridgehead atoms. The number of rotatable bonds is 3. The van der Waals surface area contributed by atoms with E-state index >= 15 is 0 Å². The van der Waals surface area contributed by atoms with Crippen molar-refractivity contribution in [2.75, 3.05) is 10.8 Å². The van der Waals surface area contributed by atoms with Crippen LogP contribution in [0, 0.1) is 0 Å². The van der Waals surface area contributed by atoms with E-state index in [0.29, 0.717) is 0 Å². The third-order valence-electron chi connectivity index (χ3n) is 3.65. The Labute approximate surface area is 123 Å². The summed E-state index contributed by atoms with van der Waals surface area (Å²) in [6.07, 6.45) is 0.895. The molecular formula is C17H17NOS. The second-order valence-corrected chi connectivity index (χ2v) is 6.81. The number of fused-ring (bicyclic) bond motifs is 1. The monoisotopic (exact) mass is 283 g/mol. The molecule has 0 aliphatic carbocycles. The standard InChI is InChI=1S/C17H17NOS/c1-17(2)12-18(16-9-4-3-8-15(16)17)20-14-7-5-6-13(10-14)11-19/h3-11H,12H2,1-2H3. The number of anilines is 1. The molecule has 20 heavy (non-hydrogen) atoms. The number of benzene rings is 2. The molecule has 2 nitrogen and oxygen atoms in total. The van der Waals surface area contributed by atoms with Crippen LogP contribution in [0.1, 0.15) is 29.8 Å². The van der Waals surface area contributed by atoms with Gasteiger partial charge < -0.3 is 4.31 Å². The Morgan fingerprint density at radius 2 is 1.95 bits per heavy atom. The van der Waals surface area contributed by atoms with Gasteiger partial charge in [0.15, 0.2) is 0 Å². The van der Waals surface area contributed by atoms with E-state index in [-0.39, 0.29) is 5.41 Å². The summed E-state index contributed by atoms with van der Waals surface area (Å²) in [5, 5.41) is 0. The van der Waals surface area contributed by atoms with Gasteiger partial charge in [0.25, 0.3) is 0 Å². The summed E-state index contributed by atoms with van der Waals surface area (Å²) in [6, 6.07) is 16.3. The summed E-state index contributed by atoms with van der Waals surface area (Å²) in [5.41, 5.74) is 3.55. The maximum atomic E-state index is 10.9. The van der Waals surface area contributed by atoms with E-state index in [1.54, 1.807) is 11.9 Å². The Balaban J connectivity index is 1.91. The largest absolute Gasteiger partial charge is 0.311 e. The van der Waals surface area contributed by atoms with Gasteiger partial charge in [0.05, 0.1) is 5.69 Å². The number of para-hydroxylation sites is 1. The van der Waals surface area contributed by atoms with Gasteiger partial charge in [-0.2, -0.15) is 0 Å². The molecule has 0 amide bonds. The van der Waals surface area contributed by atoms with Crippen molar-refractivity contribution >= 4 is 23.9 Å². The second kappa shape index (κ2) is 4.98.